The number of rotatable bonds is 10. The van der Waals surface area contributed by atoms with E-state index in [4.69, 9.17) is 4.74 Å². The van der Waals surface area contributed by atoms with Crippen molar-refractivity contribution in [3.63, 3.8) is 0 Å². The molecule has 8 nitrogen and oxygen atoms in total. The number of fused-ring (bicyclic) bond motifs is 1. The SMILES string of the molecule is C=CC(O)(I)COC1C[N+](CC)([I-]NCC(O)c2ccc(O)c3[nH]c(=O)ccc23)CCC1C. The molecule has 2 heterocycles. The molecule has 0 radical (unpaired) electrons. The number of aromatic hydroxyl groups is 1. The van der Waals surface area contributed by atoms with Crippen LogP contribution in [0, 0.1) is 5.92 Å². The van der Waals surface area contributed by atoms with Gasteiger partial charge in [0.1, 0.15) is 0 Å². The van der Waals surface area contributed by atoms with Crippen LogP contribution in [0.5, 0.6) is 5.75 Å². The predicted molar refractivity (Wildman–Crippen MR) is 132 cm³/mol. The Bertz CT molecular complexity index is 1030. The predicted octanol–water partition coefficient (Wildman–Crippen LogP) is -0.653. The van der Waals surface area contributed by atoms with Gasteiger partial charge in [-0.3, -0.25) is 0 Å². The Hall–Kier alpha value is -0.770. The molecule has 2 aromatic rings. The van der Waals surface area contributed by atoms with Crippen LogP contribution in [0.2, 0.25) is 0 Å². The van der Waals surface area contributed by atoms with E-state index in [0.29, 0.717) is 28.9 Å². The summed E-state index contributed by atoms with van der Waals surface area (Å²) in [7, 11) is 0. The number of phenolic OH excluding ortho intramolecular Hbond substituents is 1. The number of aliphatic hydroxyl groups excluding tert-OH is 1. The second-order valence-electron chi connectivity index (χ2n) is 8.61. The number of nitrogens with one attached hydrogen (secondary N) is 2. The molecule has 1 saturated heterocycles. The van der Waals surface area contributed by atoms with Gasteiger partial charge in [-0.05, 0) is 0 Å². The quantitative estimate of drug-likeness (QED) is 0.0985. The summed E-state index contributed by atoms with van der Waals surface area (Å²) >= 11 is 1.45. The van der Waals surface area contributed by atoms with Crippen LogP contribution >= 0.6 is 22.6 Å². The van der Waals surface area contributed by atoms with Crippen LogP contribution in [0.3, 0.4) is 0 Å². The molecule has 0 bridgehead atoms. The van der Waals surface area contributed by atoms with E-state index in [1.807, 2.05) is 22.6 Å². The fourth-order valence-corrected chi connectivity index (χ4v) is 7.00. The standard InChI is InChI=1S/C23H33I2N3O5/c1-4-23(24,32)14-33-20-13-28(5-2,11-10-15(20)3)25-26-12-19(30)16-6-8-18(29)22-17(16)7-9-21(31)27-22/h4,6-9,15,19-20,26,29-30,32H,1,5,10-14H2,2-3H3,(H,27,31). The van der Waals surface area contributed by atoms with Crippen molar-refractivity contribution >= 4 is 33.5 Å². The van der Waals surface area contributed by atoms with Crippen LogP contribution in [-0.2, 0) is 4.74 Å². The van der Waals surface area contributed by atoms with Gasteiger partial charge in [0.05, 0.1) is 0 Å². The van der Waals surface area contributed by atoms with Crippen molar-refractivity contribution in [3.8, 4) is 5.75 Å². The number of quaternary nitrogens is 1. The molecule has 1 aliphatic heterocycles. The number of ether oxygens (including phenoxy) is 1. The summed E-state index contributed by atoms with van der Waals surface area (Å²) < 4.78 is 9.51. The average molecular weight is 685 g/mol. The number of piperidine rings is 1. The second kappa shape index (κ2) is 11.3. The fraction of sp³-hybridized carbons (Fsp3) is 0.522. The van der Waals surface area contributed by atoms with Crippen molar-refractivity contribution < 1.29 is 44.5 Å². The summed E-state index contributed by atoms with van der Waals surface area (Å²) in [4.78, 5) is 14.3. The molecule has 0 spiro atoms. The van der Waals surface area contributed by atoms with Crippen LogP contribution in [0.4, 0.5) is 0 Å². The zero-order valence-electron chi connectivity index (χ0n) is 18.9. The first-order valence-corrected chi connectivity index (χ1v) is 14.2. The van der Waals surface area contributed by atoms with Gasteiger partial charge < -0.3 is 0 Å². The van der Waals surface area contributed by atoms with Crippen molar-refractivity contribution in [2.24, 2.45) is 5.92 Å². The van der Waals surface area contributed by atoms with Gasteiger partial charge in [0.2, 0.25) is 0 Å². The third-order valence-electron chi connectivity index (χ3n) is 6.28. The van der Waals surface area contributed by atoms with Crippen LogP contribution in [0.1, 0.15) is 31.9 Å². The Labute approximate surface area is 218 Å². The summed E-state index contributed by atoms with van der Waals surface area (Å²) in [5, 5.41) is 31.8. The van der Waals surface area contributed by atoms with E-state index < -0.39 is 31.5 Å². The Kier molecular flexibility index (Phi) is 9.20. The van der Waals surface area contributed by atoms with Crippen LogP contribution in [0.25, 0.3) is 10.9 Å². The summed E-state index contributed by atoms with van der Waals surface area (Å²) in [6.07, 6.45) is 1.84. The van der Waals surface area contributed by atoms with Crippen molar-refractivity contribution in [1.29, 1.82) is 0 Å². The summed E-state index contributed by atoms with van der Waals surface area (Å²) in [5.41, 5.74) is 0.705. The third kappa shape index (κ3) is 6.67. The molecule has 184 valence electrons. The molecule has 0 aliphatic carbocycles. The summed E-state index contributed by atoms with van der Waals surface area (Å²) in [6, 6.07) is 6.22. The van der Waals surface area contributed by atoms with Gasteiger partial charge in [-0.1, -0.05) is 0 Å². The first-order chi connectivity index (χ1) is 15.6. The van der Waals surface area contributed by atoms with Gasteiger partial charge in [0.25, 0.3) is 0 Å². The monoisotopic (exact) mass is 685 g/mol. The third-order valence-corrected chi connectivity index (χ3v) is 10.4. The minimum absolute atomic E-state index is 0.0159. The topological polar surface area (TPSA) is 115 Å². The van der Waals surface area contributed by atoms with Crippen molar-refractivity contribution in [2.75, 3.05) is 32.8 Å². The molecule has 5 atom stereocenters. The Morgan fingerprint density at radius 3 is 2.91 bits per heavy atom. The minimum atomic E-state index is -1.06. The number of halogens is 2. The fourth-order valence-electron chi connectivity index (χ4n) is 4.03. The molecule has 0 saturated carbocycles. The molecule has 5 unspecified atom stereocenters. The molecule has 33 heavy (non-hydrogen) atoms. The van der Waals surface area contributed by atoms with E-state index >= 15 is 0 Å². The number of aromatic nitrogens is 1. The van der Waals surface area contributed by atoms with Crippen molar-refractivity contribution in [1.82, 2.24) is 8.51 Å². The maximum atomic E-state index is 11.6. The van der Waals surface area contributed by atoms with E-state index in [2.05, 4.69) is 28.9 Å². The maximum absolute atomic E-state index is 11.6. The van der Waals surface area contributed by atoms with Gasteiger partial charge in [0, 0.05) is 0 Å². The molecule has 1 aromatic carbocycles. The number of nitrogens with zero attached hydrogens (tertiary/aromatic N) is 1. The number of hydrogen-bond donors (Lipinski definition) is 5. The molecule has 1 aliphatic rings. The second-order valence-corrected chi connectivity index (χ2v) is 13.8. The van der Waals surface area contributed by atoms with Gasteiger partial charge in [-0.2, -0.15) is 0 Å². The van der Waals surface area contributed by atoms with Gasteiger partial charge in [0.15, 0.2) is 0 Å². The number of pyridine rings is 1. The zero-order valence-corrected chi connectivity index (χ0v) is 23.2. The number of hydrogen-bond acceptors (Lipinski definition) is 6. The number of alkyl halides is 1. The summed E-state index contributed by atoms with van der Waals surface area (Å²) in [6.45, 7) is 11.6. The van der Waals surface area contributed by atoms with Gasteiger partial charge in [-0.25, -0.2) is 0 Å². The molecule has 1 fully saturated rings. The van der Waals surface area contributed by atoms with E-state index in [1.54, 1.807) is 12.1 Å². The number of phenols is 1. The zero-order chi connectivity index (χ0) is 24.2. The normalized spacial score (nSPS) is 26.2. The molecular formula is C23H33I2N3O5. The molecular weight excluding hydrogens is 652 g/mol. The van der Waals surface area contributed by atoms with Crippen LogP contribution in [-0.4, -0.2) is 65.5 Å². The number of likely N-dealkylation sites (N-methyl/N-ethyl adjacent to an activating group) is 1. The first-order valence-electron chi connectivity index (χ1n) is 11.0. The number of benzene rings is 1. The van der Waals surface area contributed by atoms with Crippen LogP contribution < -0.4 is 30.8 Å². The van der Waals surface area contributed by atoms with Crippen molar-refractivity contribution in [2.45, 2.75) is 36.1 Å². The van der Waals surface area contributed by atoms with E-state index in [9.17, 15) is 20.1 Å². The number of H-pyrrole nitrogens is 1. The molecule has 1 aromatic heterocycles. The van der Waals surface area contributed by atoms with Crippen LogP contribution in [0.15, 0.2) is 41.7 Å². The average Bonchev–Trinajstić information content (AvgIpc) is 2.80. The number of aliphatic hydroxyl groups is 2. The van der Waals surface area contributed by atoms with E-state index in [-0.39, 0.29) is 24.0 Å². The number of likely N-dealkylation sites (tertiary alicyclic amines) is 1. The Balaban J connectivity index is 1.65. The molecule has 5 N–H and O–H groups in total. The van der Waals surface area contributed by atoms with Gasteiger partial charge >= 0.3 is 220 Å². The van der Waals surface area contributed by atoms with E-state index in [0.717, 1.165) is 28.8 Å². The molecule has 10 heteroatoms. The van der Waals surface area contributed by atoms with Gasteiger partial charge in [-0.15, -0.1) is 0 Å². The summed E-state index contributed by atoms with van der Waals surface area (Å²) in [5.74, 6) is 0.401. The van der Waals surface area contributed by atoms with Crippen molar-refractivity contribution in [3.05, 3.63) is 52.8 Å². The molecule has 0 amide bonds. The Morgan fingerprint density at radius 1 is 1.45 bits per heavy atom. The Morgan fingerprint density at radius 2 is 2.21 bits per heavy atom. The van der Waals surface area contributed by atoms with E-state index in [1.165, 1.54) is 18.2 Å². The number of aromatic amines is 1. The first kappa shape index (κ1) is 26.8. The molecule has 3 rings (SSSR count).